The van der Waals surface area contributed by atoms with Gasteiger partial charge in [-0.2, -0.15) is 4.98 Å². The first kappa shape index (κ1) is 18.0. The molecular weight excluding hydrogens is 336 g/mol. The molecule has 4 rings (SSSR count). The fraction of sp³-hybridized carbons (Fsp3) is 0.524. The van der Waals surface area contributed by atoms with Crippen LogP contribution >= 0.6 is 0 Å². The summed E-state index contributed by atoms with van der Waals surface area (Å²) in [5, 5.41) is 3.72. The molecule has 0 spiro atoms. The van der Waals surface area contributed by atoms with Crippen molar-refractivity contribution in [2.24, 2.45) is 0 Å². The molecule has 6 heteroatoms. The van der Waals surface area contributed by atoms with Gasteiger partial charge in [0.15, 0.2) is 0 Å². The van der Waals surface area contributed by atoms with Gasteiger partial charge in [0.1, 0.15) is 5.82 Å². The predicted molar refractivity (Wildman–Crippen MR) is 111 cm³/mol. The van der Waals surface area contributed by atoms with Gasteiger partial charge in [-0.1, -0.05) is 12.1 Å². The number of aryl methyl sites for hydroxylation is 1. The zero-order valence-electron chi connectivity index (χ0n) is 16.2. The standard InChI is InChI=1S/C21H30N6/c1-16-14-20(25-21(22)24-16)27-12-8-18(9-13-27)23-15-17-4-6-19(7-5-17)26-10-2-3-11-26/h4-7,14,18,23H,2-3,8-13,15H2,1H3,(H2,22,24,25). The van der Waals surface area contributed by atoms with Crippen LogP contribution in [0.2, 0.25) is 0 Å². The summed E-state index contributed by atoms with van der Waals surface area (Å²) in [5.41, 5.74) is 9.44. The largest absolute Gasteiger partial charge is 0.372 e. The van der Waals surface area contributed by atoms with Crippen molar-refractivity contribution in [3.8, 4) is 0 Å². The molecule has 2 aromatic rings. The minimum Gasteiger partial charge on any atom is -0.372 e. The Morgan fingerprint density at radius 3 is 2.37 bits per heavy atom. The summed E-state index contributed by atoms with van der Waals surface area (Å²) in [7, 11) is 0. The van der Waals surface area contributed by atoms with E-state index in [9.17, 15) is 0 Å². The fourth-order valence-corrected chi connectivity index (χ4v) is 4.11. The van der Waals surface area contributed by atoms with E-state index in [1.54, 1.807) is 0 Å². The molecule has 2 saturated heterocycles. The van der Waals surface area contributed by atoms with E-state index in [1.165, 1.54) is 37.2 Å². The molecule has 6 nitrogen and oxygen atoms in total. The number of nitrogen functional groups attached to an aromatic ring is 1. The van der Waals surface area contributed by atoms with E-state index >= 15 is 0 Å². The van der Waals surface area contributed by atoms with Crippen LogP contribution in [-0.2, 0) is 6.54 Å². The van der Waals surface area contributed by atoms with E-state index in [4.69, 9.17) is 5.73 Å². The van der Waals surface area contributed by atoms with E-state index in [2.05, 4.69) is 49.4 Å². The Labute approximate surface area is 161 Å². The molecule has 0 unspecified atom stereocenters. The third-order valence-electron chi connectivity index (χ3n) is 5.68. The molecule has 0 atom stereocenters. The molecule has 0 bridgehead atoms. The summed E-state index contributed by atoms with van der Waals surface area (Å²) in [5.74, 6) is 1.32. The van der Waals surface area contributed by atoms with Crippen molar-refractivity contribution < 1.29 is 0 Å². The van der Waals surface area contributed by atoms with E-state index in [-0.39, 0.29) is 0 Å². The molecular formula is C21H30N6. The number of hydrogen-bond donors (Lipinski definition) is 2. The molecule has 0 amide bonds. The number of nitrogens with two attached hydrogens (primary N) is 1. The average Bonchev–Trinajstić information content (AvgIpc) is 3.21. The lowest BCUT2D eigenvalue weighted by Gasteiger charge is -2.33. The third kappa shape index (κ3) is 4.50. The summed E-state index contributed by atoms with van der Waals surface area (Å²) in [6, 6.07) is 11.6. The molecule has 0 radical (unpaired) electrons. The third-order valence-corrected chi connectivity index (χ3v) is 5.68. The van der Waals surface area contributed by atoms with Crippen LogP contribution in [0.1, 0.15) is 36.9 Å². The van der Waals surface area contributed by atoms with Crippen molar-refractivity contribution in [3.63, 3.8) is 0 Å². The highest BCUT2D eigenvalue weighted by Gasteiger charge is 2.20. The predicted octanol–water partition coefficient (Wildman–Crippen LogP) is 2.73. The van der Waals surface area contributed by atoms with Gasteiger partial charge in [-0.3, -0.25) is 0 Å². The molecule has 0 saturated carbocycles. The Kier molecular flexibility index (Phi) is 5.43. The lowest BCUT2D eigenvalue weighted by molar-refractivity contribution is 0.412. The normalized spacial score (nSPS) is 18.3. The van der Waals surface area contributed by atoms with Gasteiger partial charge < -0.3 is 20.9 Å². The van der Waals surface area contributed by atoms with Gasteiger partial charge in [0.2, 0.25) is 5.95 Å². The van der Waals surface area contributed by atoms with Crippen LogP contribution in [0.3, 0.4) is 0 Å². The lowest BCUT2D eigenvalue weighted by Crippen LogP contribution is -2.42. The second-order valence-electron chi connectivity index (χ2n) is 7.73. The van der Waals surface area contributed by atoms with Gasteiger partial charge >= 0.3 is 0 Å². The molecule has 1 aromatic heterocycles. The molecule has 27 heavy (non-hydrogen) atoms. The zero-order chi connectivity index (χ0) is 18.6. The monoisotopic (exact) mass is 366 g/mol. The number of nitrogens with one attached hydrogen (secondary N) is 1. The molecule has 2 aliphatic rings. The molecule has 144 valence electrons. The quantitative estimate of drug-likeness (QED) is 0.848. The van der Waals surface area contributed by atoms with Crippen molar-refractivity contribution in [1.29, 1.82) is 0 Å². The molecule has 1 aromatic carbocycles. The molecule has 2 fully saturated rings. The number of nitrogens with zero attached hydrogens (tertiary/aromatic N) is 4. The zero-order valence-corrected chi connectivity index (χ0v) is 16.2. The molecule has 0 aliphatic carbocycles. The summed E-state index contributed by atoms with van der Waals surface area (Å²) >= 11 is 0. The van der Waals surface area contributed by atoms with Crippen molar-refractivity contribution >= 4 is 17.5 Å². The van der Waals surface area contributed by atoms with Gasteiger partial charge in [0.25, 0.3) is 0 Å². The highest BCUT2D eigenvalue weighted by Crippen LogP contribution is 2.22. The second-order valence-corrected chi connectivity index (χ2v) is 7.73. The topological polar surface area (TPSA) is 70.3 Å². The van der Waals surface area contributed by atoms with Crippen LogP contribution in [0, 0.1) is 6.92 Å². The van der Waals surface area contributed by atoms with E-state index in [1.807, 2.05) is 13.0 Å². The SMILES string of the molecule is Cc1cc(N2CCC(NCc3ccc(N4CCCC4)cc3)CC2)nc(N)n1. The van der Waals surface area contributed by atoms with Crippen molar-refractivity contribution in [2.75, 3.05) is 41.7 Å². The number of piperidine rings is 1. The van der Waals surface area contributed by atoms with Crippen molar-refractivity contribution in [1.82, 2.24) is 15.3 Å². The van der Waals surface area contributed by atoms with Crippen molar-refractivity contribution in [2.45, 2.75) is 45.2 Å². The number of rotatable bonds is 5. The Morgan fingerprint density at radius 2 is 1.70 bits per heavy atom. The lowest BCUT2D eigenvalue weighted by atomic mass is 10.0. The van der Waals surface area contributed by atoms with Crippen LogP contribution in [-0.4, -0.2) is 42.2 Å². The number of benzene rings is 1. The molecule has 2 aliphatic heterocycles. The maximum Gasteiger partial charge on any atom is 0.222 e. The van der Waals surface area contributed by atoms with E-state index in [0.717, 1.165) is 44.0 Å². The number of aromatic nitrogens is 2. The Hall–Kier alpha value is -2.34. The fourth-order valence-electron chi connectivity index (χ4n) is 4.11. The molecule has 3 heterocycles. The smallest absolute Gasteiger partial charge is 0.222 e. The summed E-state index contributed by atoms with van der Waals surface area (Å²) in [6.07, 6.45) is 4.88. The Bertz CT molecular complexity index is 726. The minimum atomic E-state index is 0.364. The highest BCUT2D eigenvalue weighted by molar-refractivity contribution is 5.48. The van der Waals surface area contributed by atoms with Gasteiger partial charge in [-0.15, -0.1) is 0 Å². The number of anilines is 3. The second kappa shape index (κ2) is 8.13. The maximum atomic E-state index is 5.79. The van der Waals surface area contributed by atoms with E-state index in [0.29, 0.717) is 12.0 Å². The van der Waals surface area contributed by atoms with Crippen LogP contribution in [0.25, 0.3) is 0 Å². The average molecular weight is 367 g/mol. The van der Waals surface area contributed by atoms with Gasteiger partial charge in [-0.25, -0.2) is 4.98 Å². The van der Waals surface area contributed by atoms with Gasteiger partial charge in [0.05, 0.1) is 0 Å². The van der Waals surface area contributed by atoms with Crippen LogP contribution < -0.4 is 20.9 Å². The summed E-state index contributed by atoms with van der Waals surface area (Å²) in [4.78, 5) is 13.3. The Morgan fingerprint density at radius 1 is 1.00 bits per heavy atom. The first-order valence-corrected chi connectivity index (χ1v) is 10.1. The van der Waals surface area contributed by atoms with E-state index < -0.39 is 0 Å². The Balaban J connectivity index is 1.25. The summed E-state index contributed by atoms with van der Waals surface area (Å²) in [6.45, 7) is 7.31. The maximum absolute atomic E-state index is 5.79. The first-order valence-electron chi connectivity index (χ1n) is 10.1. The van der Waals surface area contributed by atoms with Crippen LogP contribution in [0.4, 0.5) is 17.5 Å². The first-order chi connectivity index (χ1) is 13.2. The van der Waals surface area contributed by atoms with Gasteiger partial charge in [-0.05, 0) is 50.3 Å². The number of hydrogen-bond acceptors (Lipinski definition) is 6. The van der Waals surface area contributed by atoms with Crippen molar-refractivity contribution in [3.05, 3.63) is 41.6 Å². The minimum absolute atomic E-state index is 0.364. The van der Waals surface area contributed by atoms with Crippen LogP contribution in [0.15, 0.2) is 30.3 Å². The highest BCUT2D eigenvalue weighted by atomic mass is 15.2. The molecule has 3 N–H and O–H groups in total. The van der Waals surface area contributed by atoms with Crippen LogP contribution in [0.5, 0.6) is 0 Å². The summed E-state index contributed by atoms with van der Waals surface area (Å²) < 4.78 is 0. The van der Waals surface area contributed by atoms with Gasteiger partial charge in [0, 0.05) is 56.2 Å².